The Balaban J connectivity index is 2.85. The lowest BCUT2D eigenvalue weighted by Crippen LogP contribution is -2.04. The molecule has 12 heavy (non-hydrogen) atoms. The first-order chi connectivity index (χ1) is 5.58. The normalized spacial score (nSPS) is 10.4. The molecule has 0 atom stereocenters. The van der Waals surface area contributed by atoms with E-state index in [1.54, 1.807) is 6.92 Å². The van der Waals surface area contributed by atoms with Crippen LogP contribution >= 0.6 is 11.6 Å². The molecule has 1 aromatic heterocycles. The Labute approximate surface area is 72.3 Å². The zero-order valence-electron chi connectivity index (χ0n) is 6.09. The molecule has 0 radical (unpaired) electrons. The van der Waals surface area contributed by atoms with Crippen molar-refractivity contribution in [1.29, 1.82) is 0 Å². The van der Waals surface area contributed by atoms with Crippen LogP contribution in [0.4, 0.5) is 8.78 Å². The van der Waals surface area contributed by atoms with E-state index in [0.29, 0.717) is 5.69 Å². The van der Waals surface area contributed by atoms with Gasteiger partial charge in [-0.2, -0.15) is 13.8 Å². The fourth-order valence-corrected chi connectivity index (χ4v) is 0.873. The van der Waals surface area contributed by atoms with E-state index in [4.69, 9.17) is 11.6 Å². The van der Waals surface area contributed by atoms with Gasteiger partial charge in [0.25, 0.3) is 0 Å². The molecule has 0 amide bonds. The summed E-state index contributed by atoms with van der Waals surface area (Å²) >= 11 is 5.39. The van der Waals surface area contributed by atoms with Crippen LogP contribution in [0, 0.1) is 6.92 Å². The molecule has 6 heteroatoms. The molecule has 66 valence electrons. The standard InChI is InChI=1S/C6H5ClF2N2O/c1-3-2-4(12-6(8)9)11-5(7)10-3/h2,6H,1H3. The lowest BCUT2D eigenvalue weighted by Gasteiger charge is -2.03. The van der Waals surface area contributed by atoms with Gasteiger partial charge in [0.2, 0.25) is 11.2 Å². The van der Waals surface area contributed by atoms with Crippen molar-refractivity contribution in [2.75, 3.05) is 0 Å². The van der Waals surface area contributed by atoms with E-state index >= 15 is 0 Å². The van der Waals surface area contributed by atoms with E-state index in [2.05, 4.69) is 14.7 Å². The maximum atomic E-state index is 11.7. The van der Waals surface area contributed by atoms with Gasteiger partial charge in [-0.15, -0.1) is 0 Å². The smallest absolute Gasteiger partial charge is 0.388 e. The third-order valence-electron chi connectivity index (χ3n) is 1.01. The minimum absolute atomic E-state index is 0.106. The van der Waals surface area contributed by atoms with E-state index in [0.717, 1.165) is 0 Å². The van der Waals surface area contributed by atoms with Crippen LogP contribution in [-0.4, -0.2) is 16.6 Å². The summed E-state index contributed by atoms with van der Waals surface area (Å²) in [5.74, 6) is -0.220. The summed E-state index contributed by atoms with van der Waals surface area (Å²) in [4.78, 5) is 7.10. The van der Waals surface area contributed by atoms with Crippen molar-refractivity contribution in [2.45, 2.75) is 13.5 Å². The molecular formula is C6H5ClF2N2O. The van der Waals surface area contributed by atoms with Crippen molar-refractivity contribution < 1.29 is 13.5 Å². The van der Waals surface area contributed by atoms with Gasteiger partial charge < -0.3 is 4.74 Å². The topological polar surface area (TPSA) is 35.0 Å². The largest absolute Gasteiger partial charge is 0.417 e. The first-order valence-electron chi connectivity index (χ1n) is 3.04. The molecule has 0 aliphatic heterocycles. The van der Waals surface area contributed by atoms with Crippen LogP contribution in [-0.2, 0) is 0 Å². The average Bonchev–Trinajstić information content (AvgIpc) is 1.81. The molecule has 0 bridgehead atoms. The van der Waals surface area contributed by atoms with Gasteiger partial charge in [-0.3, -0.25) is 0 Å². The van der Waals surface area contributed by atoms with Gasteiger partial charge in [0.15, 0.2) is 0 Å². The summed E-state index contributed by atoms with van der Waals surface area (Å²) in [6.45, 7) is -1.29. The van der Waals surface area contributed by atoms with Crippen molar-refractivity contribution in [3.05, 3.63) is 17.0 Å². The van der Waals surface area contributed by atoms with Crippen molar-refractivity contribution in [2.24, 2.45) is 0 Å². The Kier molecular flexibility index (Phi) is 2.75. The number of rotatable bonds is 2. The van der Waals surface area contributed by atoms with Gasteiger partial charge in [0.05, 0.1) is 0 Å². The molecule has 1 heterocycles. The molecule has 0 spiro atoms. The Morgan fingerprint density at radius 3 is 2.67 bits per heavy atom. The number of aromatic nitrogens is 2. The second-order valence-electron chi connectivity index (χ2n) is 2.00. The molecule has 0 saturated heterocycles. The highest BCUT2D eigenvalue weighted by atomic mass is 35.5. The van der Waals surface area contributed by atoms with Crippen LogP contribution in [0.15, 0.2) is 6.07 Å². The molecule has 0 aliphatic carbocycles. The van der Waals surface area contributed by atoms with Crippen LogP contribution < -0.4 is 4.74 Å². The molecule has 0 aliphatic rings. The number of aryl methyl sites for hydroxylation is 1. The predicted octanol–water partition coefficient (Wildman–Crippen LogP) is 2.04. The average molecular weight is 195 g/mol. The van der Waals surface area contributed by atoms with Crippen LogP contribution in [0.3, 0.4) is 0 Å². The number of alkyl halides is 2. The van der Waals surface area contributed by atoms with E-state index in [1.165, 1.54) is 6.07 Å². The molecule has 3 nitrogen and oxygen atoms in total. The third kappa shape index (κ3) is 2.58. The van der Waals surface area contributed by atoms with Gasteiger partial charge >= 0.3 is 6.61 Å². The molecule has 0 unspecified atom stereocenters. The SMILES string of the molecule is Cc1cc(OC(F)F)nc(Cl)n1. The quantitative estimate of drug-likeness (QED) is 0.676. The summed E-state index contributed by atoms with van der Waals surface area (Å²) in [6, 6.07) is 1.28. The van der Waals surface area contributed by atoms with Gasteiger partial charge in [-0.1, -0.05) is 0 Å². The van der Waals surface area contributed by atoms with Gasteiger partial charge in [-0.25, -0.2) is 4.98 Å². The fraction of sp³-hybridized carbons (Fsp3) is 0.333. The molecule has 0 fully saturated rings. The van der Waals surface area contributed by atoms with Crippen molar-refractivity contribution in [3.63, 3.8) is 0 Å². The number of ether oxygens (including phenoxy) is 1. The third-order valence-corrected chi connectivity index (χ3v) is 1.18. The number of hydrogen-bond donors (Lipinski definition) is 0. The van der Waals surface area contributed by atoms with Gasteiger partial charge in [0, 0.05) is 11.8 Å². The van der Waals surface area contributed by atoms with Crippen molar-refractivity contribution in [3.8, 4) is 5.88 Å². The summed E-state index contributed by atoms with van der Waals surface area (Å²) in [6.07, 6.45) is 0. The minimum Gasteiger partial charge on any atom is -0.417 e. The summed E-state index contributed by atoms with van der Waals surface area (Å²) in [7, 11) is 0. The van der Waals surface area contributed by atoms with Crippen LogP contribution in [0.1, 0.15) is 5.69 Å². The monoisotopic (exact) mass is 194 g/mol. The van der Waals surface area contributed by atoms with Crippen LogP contribution in [0.5, 0.6) is 5.88 Å². The maximum Gasteiger partial charge on any atom is 0.388 e. The van der Waals surface area contributed by atoms with E-state index in [1.807, 2.05) is 0 Å². The Bertz CT molecular complexity index is 262. The van der Waals surface area contributed by atoms with E-state index in [-0.39, 0.29) is 11.2 Å². The second kappa shape index (κ2) is 3.62. The molecule has 0 aromatic carbocycles. The van der Waals surface area contributed by atoms with Crippen molar-refractivity contribution in [1.82, 2.24) is 9.97 Å². The summed E-state index contributed by atoms with van der Waals surface area (Å²) in [5, 5.41) is -0.106. The molecule has 1 aromatic rings. The highest BCUT2D eigenvalue weighted by molar-refractivity contribution is 6.28. The minimum atomic E-state index is -2.89. The van der Waals surface area contributed by atoms with Crippen molar-refractivity contribution >= 4 is 11.6 Å². The summed E-state index contributed by atoms with van der Waals surface area (Å²) in [5.41, 5.74) is 0.477. The Hall–Kier alpha value is -0.970. The highest BCUT2D eigenvalue weighted by Crippen LogP contribution is 2.13. The first kappa shape index (κ1) is 9.12. The Morgan fingerprint density at radius 1 is 1.50 bits per heavy atom. The molecule has 0 N–H and O–H groups in total. The molecule has 1 rings (SSSR count). The first-order valence-corrected chi connectivity index (χ1v) is 3.41. The summed E-state index contributed by atoms with van der Waals surface area (Å²) < 4.78 is 27.3. The van der Waals surface area contributed by atoms with Gasteiger partial charge in [0.1, 0.15) is 0 Å². The highest BCUT2D eigenvalue weighted by Gasteiger charge is 2.06. The lowest BCUT2D eigenvalue weighted by atomic mass is 10.4. The number of nitrogens with zero attached hydrogens (tertiary/aromatic N) is 2. The van der Waals surface area contributed by atoms with E-state index < -0.39 is 6.61 Å². The maximum absolute atomic E-state index is 11.7. The fourth-order valence-electron chi connectivity index (χ4n) is 0.656. The molecule has 0 saturated carbocycles. The van der Waals surface area contributed by atoms with Crippen LogP contribution in [0.2, 0.25) is 5.28 Å². The zero-order valence-corrected chi connectivity index (χ0v) is 6.85. The lowest BCUT2D eigenvalue weighted by molar-refractivity contribution is -0.0529. The van der Waals surface area contributed by atoms with E-state index in [9.17, 15) is 8.78 Å². The van der Waals surface area contributed by atoms with Crippen LogP contribution in [0.25, 0.3) is 0 Å². The van der Waals surface area contributed by atoms with Gasteiger partial charge in [-0.05, 0) is 18.5 Å². The number of halogens is 3. The zero-order chi connectivity index (χ0) is 9.14. The molecular weight excluding hydrogens is 190 g/mol. The number of hydrogen-bond acceptors (Lipinski definition) is 3. The predicted molar refractivity (Wildman–Crippen MR) is 38.4 cm³/mol. The second-order valence-corrected chi connectivity index (χ2v) is 2.33. The Morgan fingerprint density at radius 2 is 2.17 bits per heavy atom.